The van der Waals surface area contributed by atoms with Crippen LogP contribution in [0.2, 0.25) is 5.02 Å². The third-order valence-electron chi connectivity index (χ3n) is 5.21. The van der Waals surface area contributed by atoms with Gasteiger partial charge in [-0.15, -0.1) is 0 Å². The van der Waals surface area contributed by atoms with Gasteiger partial charge in [0.05, 0.1) is 10.5 Å². The molecule has 0 atom stereocenters. The molecule has 0 aliphatic carbocycles. The van der Waals surface area contributed by atoms with Gasteiger partial charge in [0.15, 0.2) is 5.82 Å². The van der Waals surface area contributed by atoms with E-state index in [4.69, 9.17) is 11.6 Å². The molecule has 4 aromatic rings. The fourth-order valence-corrected chi connectivity index (χ4v) is 4.85. The molecule has 0 fully saturated rings. The molecule has 1 heterocycles. The summed E-state index contributed by atoms with van der Waals surface area (Å²) in [6, 6.07) is 18.6. The van der Waals surface area contributed by atoms with Crippen LogP contribution in [0.25, 0.3) is 11.3 Å². The largest absolute Gasteiger partial charge is 0.417 e. The maximum atomic E-state index is 13.4. The molecule has 6 nitrogen and oxygen atoms in total. The smallest absolute Gasteiger partial charge is 0.309 e. The minimum Gasteiger partial charge on any atom is -0.309 e. The van der Waals surface area contributed by atoms with Crippen LogP contribution in [-0.2, 0) is 29.3 Å². The Morgan fingerprint density at radius 2 is 1.39 bits per heavy atom. The molecule has 36 heavy (non-hydrogen) atoms. The number of nitrogens with one attached hydrogen (secondary N) is 2. The standard InChI is InChI=1S/C25H20ClF3N4O2S/c26-20-11-7-18(8-12-20)16-30-15-17-5-9-19(10-6-17)23-24(32-14-13-31-23)33-36(34,35)22-4-2-1-3-21(22)25(27,28)29/h1-14,30H,15-16H2,(H,32,33). The van der Waals surface area contributed by atoms with Gasteiger partial charge in [0.25, 0.3) is 10.0 Å². The first-order valence-corrected chi connectivity index (χ1v) is 12.5. The fourth-order valence-electron chi connectivity index (χ4n) is 3.48. The Bertz CT molecular complexity index is 1450. The second-order valence-corrected chi connectivity index (χ2v) is 9.87. The number of benzene rings is 3. The molecule has 0 spiro atoms. The number of rotatable bonds is 8. The molecule has 4 rings (SSSR count). The van der Waals surface area contributed by atoms with Crippen molar-refractivity contribution in [3.05, 3.63) is 107 Å². The highest BCUT2D eigenvalue weighted by molar-refractivity contribution is 7.92. The highest BCUT2D eigenvalue weighted by Gasteiger charge is 2.37. The van der Waals surface area contributed by atoms with Crippen LogP contribution in [0.4, 0.5) is 19.0 Å². The number of anilines is 1. The Kier molecular flexibility index (Phi) is 7.58. The molecule has 0 aliphatic rings. The minimum absolute atomic E-state index is 0.178. The summed E-state index contributed by atoms with van der Waals surface area (Å²) < 4.78 is 68.0. The zero-order valence-corrected chi connectivity index (χ0v) is 20.2. The highest BCUT2D eigenvalue weighted by Crippen LogP contribution is 2.35. The van der Waals surface area contributed by atoms with Crippen LogP contribution in [0.5, 0.6) is 0 Å². The van der Waals surface area contributed by atoms with Crippen molar-refractivity contribution in [3.8, 4) is 11.3 Å². The average molecular weight is 533 g/mol. The summed E-state index contributed by atoms with van der Waals surface area (Å²) >= 11 is 5.90. The van der Waals surface area contributed by atoms with E-state index in [1.165, 1.54) is 18.5 Å². The van der Waals surface area contributed by atoms with E-state index in [9.17, 15) is 21.6 Å². The van der Waals surface area contributed by atoms with Gasteiger partial charge in [-0.25, -0.2) is 13.4 Å². The van der Waals surface area contributed by atoms with E-state index in [1.54, 1.807) is 12.1 Å². The van der Waals surface area contributed by atoms with Gasteiger partial charge in [-0.05, 0) is 35.4 Å². The van der Waals surface area contributed by atoms with Crippen LogP contribution in [0.1, 0.15) is 16.7 Å². The number of hydrogen-bond donors (Lipinski definition) is 2. The van der Waals surface area contributed by atoms with E-state index in [1.807, 2.05) is 36.4 Å². The fraction of sp³-hybridized carbons (Fsp3) is 0.120. The third kappa shape index (κ3) is 6.20. The van der Waals surface area contributed by atoms with Crippen LogP contribution in [-0.4, -0.2) is 18.4 Å². The number of halogens is 4. The molecule has 0 saturated carbocycles. The van der Waals surface area contributed by atoms with Crippen molar-refractivity contribution in [1.82, 2.24) is 15.3 Å². The van der Waals surface area contributed by atoms with Gasteiger partial charge >= 0.3 is 6.18 Å². The van der Waals surface area contributed by atoms with E-state index in [2.05, 4.69) is 20.0 Å². The Morgan fingerprint density at radius 1 is 0.806 bits per heavy atom. The normalized spacial score (nSPS) is 11.9. The van der Waals surface area contributed by atoms with Crippen LogP contribution >= 0.6 is 11.6 Å². The molecule has 1 aromatic heterocycles. The number of sulfonamides is 1. The maximum Gasteiger partial charge on any atom is 0.417 e. The Labute approximate surface area is 211 Å². The number of hydrogen-bond acceptors (Lipinski definition) is 5. The molecule has 2 N–H and O–H groups in total. The number of aromatic nitrogens is 2. The van der Waals surface area contributed by atoms with E-state index in [-0.39, 0.29) is 11.5 Å². The maximum absolute atomic E-state index is 13.4. The van der Waals surface area contributed by atoms with Crippen molar-refractivity contribution in [2.45, 2.75) is 24.2 Å². The topological polar surface area (TPSA) is 84.0 Å². The van der Waals surface area contributed by atoms with Crippen molar-refractivity contribution in [2.24, 2.45) is 0 Å². The van der Waals surface area contributed by atoms with Crippen molar-refractivity contribution in [1.29, 1.82) is 0 Å². The first kappa shape index (κ1) is 25.6. The van der Waals surface area contributed by atoms with Gasteiger partial charge in [0, 0.05) is 36.1 Å². The van der Waals surface area contributed by atoms with Crippen molar-refractivity contribution in [2.75, 3.05) is 4.72 Å². The SMILES string of the molecule is O=S(=O)(Nc1nccnc1-c1ccc(CNCc2ccc(Cl)cc2)cc1)c1ccccc1C(F)(F)F. The average Bonchev–Trinajstić information content (AvgIpc) is 2.85. The summed E-state index contributed by atoms with van der Waals surface area (Å²) in [7, 11) is -4.60. The molecule has 0 aliphatic heterocycles. The van der Waals surface area contributed by atoms with Crippen molar-refractivity contribution in [3.63, 3.8) is 0 Å². The van der Waals surface area contributed by atoms with Gasteiger partial charge in [-0.3, -0.25) is 9.71 Å². The first-order valence-electron chi connectivity index (χ1n) is 10.7. The lowest BCUT2D eigenvalue weighted by molar-refractivity contribution is -0.139. The molecule has 0 bridgehead atoms. The summed E-state index contributed by atoms with van der Waals surface area (Å²) in [4.78, 5) is 7.32. The van der Waals surface area contributed by atoms with Crippen molar-refractivity contribution < 1.29 is 21.6 Å². The van der Waals surface area contributed by atoms with E-state index in [0.29, 0.717) is 29.7 Å². The first-order chi connectivity index (χ1) is 17.1. The Balaban J connectivity index is 1.51. The molecule has 0 saturated heterocycles. The van der Waals surface area contributed by atoms with Crippen LogP contribution in [0, 0.1) is 0 Å². The van der Waals surface area contributed by atoms with Crippen LogP contribution in [0.15, 0.2) is 90.1 Å². The second kappa shape index (κ2) is 10.7. The summed E-state index contributed by atoms with van der Waals surface area (Å²) in [5.74, 6) is -0.178. The molecule has 0 unspecified atom stereocenters. The highest BCUT2D eigenvalue weighted by atomic mass is 35.5. The predicted octanol–water partition coefficient (Wildman–Crippen LogP) is 5.91. The minimum atomic E-state index is -4.84. The van der Waals surface area contributed by atoms with Gasteiger partial charge < -0.3 is 5.32 Å². The zero-order valence-electron chi connectivity index (χ0n) is 18.6. The summed E-state index contributed by atoms with van der Waals surface area (Å²) in [5.41, 5.74) is 1.52. The molecule has 0 radical (unpaired) electrons. The zero-order chi connectivity index (χ0) is 25.8. The van der Waals surface area contributed by atoms with Gasteiger partial charge in [0.1, 0.15) is 5.69 Å². The summed E-state index contributed by atoms with van der Waals surface area (Å²) in [5, 5.41) is 3.99. The molecular weight excluding hydrogens is 513 g/mol. The molecule has 11 heteroatoms. The lowest BCUT2D eigenvalue weighted by Gasteiger charge is -2.15. The molecule has 3 aromatic carbocycles. The summed E-state index contributed by atoms with van der Waals surface area (Å²) in [6.45, 7) is 1.23. The van der Waals surface area contributed by atoms with Gasteiger partial charge in [0.2, 0.25) is 0 Å². The van der Waals surface area contributed by atoms with Gasteiger partial charge in [-0.1, -0.05) is 60.1 Å². The quantitative estimate of drug-likeness (QED) is 0.295. The van der Waals surface area contributed by atoms with E-state index < -0.39 is 26.7 Å². The predicted molar refractivity (Wildman–Crippen MR) is 132 cm³/mol. The monoisotopic (exact) mass is 532 g/mol. The lowest BCUT2D eigenvalue weighted by atomic mass is 10.1. The number of alkyl halides is 3. The van der Waals surface area contributed by atoms with Crippen LogP contribution < -0.4 is 10.0 Å². The molecular formula is C25H20ClF3N4O2S. The van der Waals surface area contributed by atoms with Crippen LogP contribution in [0.3, 0.4) is 0 Å². The molecule has 0 amide bonds. The number of nitrogens with zero attached hydrogens (tertiary/aromatic N) is 2. The van der Waals surface area contributed by atoms with Crippen molar-refractivity contribution >= 4 is 27.4 Å². The third-order valence-corrected chi connectivity index (χ3v) is 6.86. The van der Waals surface area contributed by atoms with E-state index in [0.717, 1.165) is 23.3 Å². The molecule has 186 valence electrons. The van der Waals surface area contributed by atoms with E-state index >= 15 is 0 Å². The summed E-state index contributed by atoms with van der Waals surface area (Å²) in [6.07, 6.45) is -2.21. The Hall–Kier alpha value is -3.47. The second-order valence-electron chi connectivity index (χ2n) is 7.78. The van der Waals surface area contributed by atoms with Gasteiger partial charge in [-0.2, -0.15) is 13.2 Å². The Morgan fingerprint density at radius 3 is 2.03 bits per heavy atom. The lowest BCUT2D eigenvalue weighted by Crippen LogP contribution is -2.20.